The summed E-state index contributed by atoms with van der Waals surface area (Å²) in [6, 6.07) is 9.06. The first-order chi connectivity index (χ1) is 9.74. The lowest BCUT2D eigenvalue weighted by molar-refractivity contribution is 0.195. The summed E-state index contributed by atoms with van der Waals surface area (Å²) in [4.78, 5) is 4.25. The highest BCUT2D eigenvalue weighted by Crippen LogP contribution is 2.40. The summed E-state index contributed by atoms with van der Waals surface area (Å²) in [5.74, 6) is 1.48. The summed E-state index contributed by atoms with van der Waals surface area (Å²) in [6.07, 6.45) is 2.15. The molecule has 0 heterocycles. The van der Waals surface area contributed by atoms with Crippen molar-refractivity contribution in [2.75, 3.05) is 27.3 Å². The van der Waals surface area contributed by atoms with E-state index in [0.29, 0.717) is 12.0 Å². The van der Waals surface area contributed by atoms with E-state index in [4.69, 9.17) is 4.74 Å². The van der Waals surface area contributed by atoms with E-state index in [2.05, 4.69) is 55.8 Å². The monoisotopic (exact) mass is 467 g/mol. The van der Waals surface area contributed by atoms with E-state index in [9.17, 15) is 0 Å². The molecule has 118 valence electrons. The molecule has 21 heavy (non-hydrogen) atoms. The Morgan fingerprint density at radius 1 is 1.38 bits per heavy atom. The maximum absolute atomic E-state index is 5.03. The van der Waals surface area contributed by atoms with Crippen LogP contribution in [-0.4, -0.2) is 39.3 Å². The number of halogens is 2. The number of guanidine groups is 1. The molecule has 1 fully saturated rings. The van der Waals surface area contributed by atoms with Gasteiger partial charge in [0.1, 0.15) is 0 Å². The van der Waals surface area contributed by atoms with Crippen molar-refractivity contribution >= 4 is 45.9 Å². The topological polar surface area (TPSA) is 45.7 Å². The molecule has 0 aromatic heterocycles. The fourth-order valence-electron chi connectivity index (χ4n) is 2.23. The van der Waals surface area contributed by atoms with Crippen LogP contribution in [0.1, 0.15) is 24.3 Å². The molecule has 1 aromatic rings. The van der Waals surface area contributed by atoms with Crippen LogP contribution in [-0.2, 0) is 4.74 Å². The zero-order valence-electron chi connectivity index (χ0n) is 12.4. The number of ether oxygens (including phenoxy) is 1. The highest BCUT2D eigenvalue weighted by molar-refractivity contribution is 14.0. The number of hydrogen-bond acceptors (Lipinski definition) is 2. The van der Waals surface area contributed by atoms with Crippen molar-refractivity contribution in [1.29, 1.82) is 0 Å². The molecular formula is C15H23BrIN3O. The summed E-state index contributed by atoms with van der Waals surface area (Å²) < 4.78 is 6.16. The molecule has 0 amide bonds. The third-order valence-electron chi connectivity index (χ3n) is 3.45. The van der Waals surface area contributed by atoms with Gasteiger partial charge in [-0.15, -0.1) is 24.0 Å². The van der Waals surface area contributed by atoms with E-state index in [-0.39, 0.29) is 24.0 Å². The Kier molecular flexibility index (Phi) is 8.58. The molecule has 0 radical (unpaired) electrons. The van der Waals surface area contributed by atoms with Gasteiger partial charge in [-0.25, -0.2) is 0 Å². The molecule has 0 saturated heterocycles. The summed E-state index contributed by atoms with van der Waals surface area (Å²) in [7, 11) is 3.53. The maximum Gasteiger partial charge on any atom is 0.191 e. The van der Waals surface area contributed by atoms with E-state index in [1.165, 1.54) is 12.0 Å². The minimum absolute atomic E-state index is 0. The van der Waals surface area contributed by atoms with Gasteiger partial charge < -0.3 is 15.4 Å². The number of methoxy groups -OCH3 is 1. The van der Waals surface area contributed by atoms with Crippen molar-refractivity contribution < 1.29 is 4.74 Å². The minimum Gasteiger partial charge on any atom is -0.385 e. The van der Waals surface area contributed by atoms with Crippen molar-refractivity contribution in [2.45, 2.75) is 24.8 Å². The predicted octanol–water partition coefficient (Wildman–Crippen LogP) is 3.12. The summed E-state index contributed by atoms with van der Waals surface area (Å²) >= 11 is 3.47. The molecule has 0 aliphatic heterocycles. The second-order valence-electron chi connectivity index (χ2n) is 4.99. The molecule has 2 rings (SSSR count). The Hall–Kier alpha value is -0.340. The molecule has 1 aliphatic rings. The Balaban J connectivity index is 0.00000220. The molecule has 2 atom stereocenters. The van der Waals surface area contributed by atoms with Gasteiger partial charge in [-0.3, -0.25) is 4.99 Å². The highest BCUT2D eigenvalue weighted by Gasteiger charge is 2.38. The standard InChI is InChI=1S/C15H22BrN3O.HI/c1-17-15(18-8-3-9-20-2)19-14-10-13(14)11-4-6-12(16)7-5-11;/h4-7,13-14H,3,8-10H2,1-2H3,(H2,17,18,19);1H. The van der Waals surface area contributed by atoms with Gasteiger partial charge in [0, 0.05) is 43.7 Å². The van der Waals surface area contributed by atoms with Crippen molar-refractivity contribution in [1.82, 2.24) is 10.6 Å². The van der Waals surface area contributed by atoms with Crippen molar-refractivity contribution in [3.05, 3.63) is 34.3 Å². The number of hydrogen-bond donors (Lipinski definition) is 2. The Morgan fingerprint density at radius 2 is 2.10 bits per heavy atom. The maximum atomic E-state index is 5.03. The van der Waals surface area contributed by atoms with Crippen LogP contribution in [0.4, 0.5) is 0 Å². The first kappa shape index (κ1) is 18.7. The normalized spacial score (nSPS) is 20.6. The average Bonchev–Trinajstić information content (AvgIpc) is 3.22. The zero-order valence-corrected chi connectivity index (χ0v) is 16.4. The van der Waals surface area contributed by atoms with E-state index >= 15 is 0 Å². The lowest BCUT2D eigenvalue weighted by atomic mass is 10.1. The van der Waals surface area contributed by atoms with E-state index in [0.717, 1.165) is 30.0 Å². The van der Waals surface area contributed by atoms with Crippen LogP contribution in [0.2, 0.25) is 0 Å². The number of nitrogens with one attached hydrogen (secondary N) is 2. The second-order valence-corrected chi connectivity index (χ2v) is 5.91. The van der Waals surface area contributed by atoms with Crippen LogP contribution < -0.4 is 10.6 Å². The summed E-state index contributed by atoms with van der Waals surface area (Å²) in [5.41, 5.74) is 1.39. The van der Waals surface area contributed by atoms with Crippen LogP contribution >= 0.6 is 39.9 Å². The van der Waals surface area contributed by atoms with Crippen LogP contribution in [0.25, 0.3) is 0 Å². The van der Waals surface area contributed by atoms with Crippen molar-refractivity contribution in [3.8, 4) is 0 Å². The zero-order chi connectivity index (χ0) is 14.4. The van der Waals surface area contributed by atoms with Crippen LogP contribution in [0.15, 0.2) is 33.7 Å². The molecule has 0 bridgehead atoms. The molecule has 2 N–H and O–H groups in total. The van der Waals surface area contributed by atoms with Gasteiger partial charge in [-0.2, -0.15) is 0 Å². The second kappa shape index (κ2) is 9.63. The van der Waals surface area contributed by atoms with E-state index < -0.39 is 0 Å². The van der Waals surface area contributed by atoms with Crippen molar-refractivity contribution in [3.63, 3.8) is 0 Å². The third kappa shape index (κ3) is 6.12. The number of benzene rings is 1. The molecule has 1 aliphatic carbocycles. The first-order valence-electron chi connectivity index (χ1n) is 6.96. The summed E-state index contributed by atoms with van der Waals surface area (Å²) in [5, 5.41) is 6.78. The molecule has 4 nitrogen and oxygen atoms in total. The smallest absolute Gasteiger partial charge is 0.191 e. The Bertz CT molecular complexity index is 453. The van der Waals surface area contributed by atoms with Gasteiger partial charge in [0.2, 0.25) is 0 Å². The summed E-state index contributed by atoms with van der Waals surface area (Å²) in [6.45, 7) is 1.65. The Morgan fingerprint density at radius 3 is 2.71 bits per heavy atom. The first-order valence-corrected chi connectivity index (χ1v) is 7.75. The molecule has 2 unspecified atom stereocenters. The molecule has 1 aromatic carbocycles. The minimum atomic E-state index is 0. The van der Waals surface area contributed by atoms with Crippen LogP contribution in [0.3, 0.4) is 0 Å². The van der Waals surface area contributed by atoms with Crippen LogP contribution in [0, 0.1) is 0 Å². The average molecular weight is 468 g/mol. The van der Waals surface area contributed by atoms with Gasteiger partial charge in [-0.1, -0.05) is 28.1 Å². The van der Waals surface area contributed by atoms with Crippen molar-refractivity contribution in [2.24, 2.45) is 4.99 Å². The van der Waals surface area contributed by atoms with Gasteiger partial charge >= 0.3 is 0 Å². The van der Waals surface area contributed by atoms with E-state index in [1.54, 1.807) is 7.11 Å². The lowest BCUT2D eigenvalue weighted by Gasteiger charge is -2.11. The predicted molar refractivity (Wildman–Crippen MR) is 102 cm³/mol. The van der Waals surface area contributed by atoms with Gasteiger partial charge in [0.15, 0.2) is 5.96 Å². The third-order valence-corrected chi connectivity index (χ3v) is 3.98. The number of nitrogens with zero attached hydrogens (tertiary/aromatic N) is 1. The number of rotatable bonds is 6. The van der Waals surface area contributed by atoms with Gasteiger partial charge in [0.05, 0.1) is 0 Å². The Labute approximate surface area is 152 Å². The molecule has 1 saturated carbocycles. The largest absolute Gasteiger partial charge is 0.385 e. The van der Waals surface area contributed by atoms with Gasteiger partial charge in [0.25, 0.3) is 0 Å². The SMILES string of the molecule is CN=C(NCCCOC)NC1CC1c1ccc(Br)cc1.I. The quantitative estimate of drug-likeness (QED) is 0.292. The van der Waals surface area contributed by atoms with Crippen LogP contribution in [0.5, 0.6) is 0 Å². The van der Waals surface area contributed by atoms with E-state index in [1.807, 2.05) is 7.05 Å². The fourth-order valence-corrected chi connectivity index (χ4v) is 2.49. The lowest BCUT2D eigenvalue weighted by Crippen LogP contribution is -2.39. The fraction of sp³-hybridized carbons (Fsp3) is 0.533. The molecule has 6 heteroatoms. The molecular weight excluding hydrogens is 445 g/mol. The number of aliphatic imine (C=N–C) groups is 1. The van der Waals surface area contributed by atoms with Gasteiger partial charge in [-0.05, 0) is 30.5 Å². The highest BCUT2D eigenvalue weighted by atomic mass is 127. The molecule has 0 spiro atoms.